The van der Waals surface area contributed by atoms with Gasteiger partial charge in [0, 0.05) is 18.9 Å². The summed E-state index contributed by atoms with van der Waals surface area (Å²) in [5, 5.41) is 14.1. The maximum atomic E-state index is 12.4. The highest BCUT2D eigenvalue weighted by molar-refractivity contribution is 5.23. The molecule has 1 unspecified atom stereocenters. The minimum Gasteiger partial charge on any atom is -0.380 e. The monoisotopic (exact) mass is 271 g/mol. The summed E-state index contributed by atoms with van der Waals surface area (Å²) in [6, 6.07) is 3.67. The molecular weight excluding hydrogens is 259 g/mol. The Bertz CT molecular complexity index is 548. The first-order chi connectivity index (χ1) is 8.93. The zero-order valence-corrected chi connectivity index (χ0v) is 10.1. The minimum absolute atomic E-state index is 0.156. The molecule has 1 N–H and O–H groups in total. The highest BCUT2D eigenvalue weighted by Gasteiger charge is 2.31. The molecule has 2 rings (SSSR count). The number of hydrogen-bond acceptors (Lipinski definition) is 3. The Morgan fingerprint density at radius 2 is 2.05 bits per heavy atom. The third-order valence-electron chi connectivity index (χ3n) is 2.72. The van der Waals surface area contributed by atoms with Crippen molar-refractivity contribution in [1.29, 1.82) is 0 Å². The van der Waals surface area contributed by atoms with Crippen molar-refractivity contribution in [2.24, 2.45) is 0 Å². The lowest BCUT2D eigenvalue weighted by atomic mass is 10.1. The summed E-state index contributed by atoms with van der Waals surface area (Å²) in [6.45, 7) is 2.41. The fraction of sp³-hybridized carbons (Fsp3) is 0.333. The lowest BCUT2D eigenvalue weighted by Gasteiger charge is -2.13. The number of alkyl halides is 3. The molecule has 0 aromatic carbocycles. The molecule has 2 heterocycles. The Morgan fingerprint density at radius 1 is 1.32 bits per heavy atom. The van der Waals surface area contributed by atoms with Gasteiger partial charge in [0.25, 0.3) is 0 Å². The van der Waals surface area contributed by atoms with Gasteiger partial charge in [0.15, 0.2) is 0 Å². The normalized spacial score (nSPS) is 13.5. The average Bonchev–Trinajstić information content (AvgIpc) is 2.85. The fourth-order valence-corrected chi connectivity index (χ4v) is 1.73. The molecule has 0 spiro atoms. The van der Waals surface area contributed by atoms with Crippen LogP contribution < -0.4 is 0 Å². The van der Waals surface area contributed by atoms with Crippen LogP contribution in [-0.2, 0) is 12.7 Å². The molecule has 0 saturated heterocycles. The first-order valence-corrected chi connectivity index (χ1v) is 5.66. The number of halogens is 3. The smallest absolute Gasteiger partial charge is 0.380 e. The van der Waals surface area contributed by atoms with Gasteiger partial charge in [-0.25, -0.2) is 0 Å². The lowest BCUT2D eigenvalue weighted by molar-refractivity contribution is -0.137. The number of aromatic nitrogens is 3. The molecule has 0 radical (unpaired) electrons. The topological polar surface area (TPSA) is 50.9 Å². The molecule has 2 aromatic heterocycles. The quantitative estimate of drug-likeness (QED) is 0.932. The number of nitrogens with zero attached hydrogens (tertiary/aromatic N) is 3. The van der Waals surface area contributed by atoms with E-state index in [-0.39, 0.29) is 5.69 Å². The summed E-state index contributed by atoms with van der Waals surface area (Å²) in [5.41, 5.74) is -0.189. The van der Waals surface area contributed by atoms with E-state index in [1.54, 1.807) is 10.7 Å². The maximum Gasteiger partial charge on any atom is 0.417 e. The Morgan fingerprint density at radius 3 is 2.58 bits per heavy atom. The Labute approximate surface area is 107 Å². The molecule has 4 nitrogen and oxygen atoms in total. The van der Waals surface area contributed by atoms with Gasteiger partial charge < -0.3 is 5.11 Å². The van der Waals surface area contributed by atoms with Crippen molar-refractivity contribution >= 4 is 0 Å². The lowest BCUT2D eigenvalue weighted by Crippen LogP contribution is -2.11. The third kappa shape index (κ3) is 2.76. The zero-order valence-electron chi connectivity index (χ0n) is 10.1. The Kier molecular flexibility index (Phi) is 3.57. The third-order valence-corrected chi connectivity index (χ3v) is 2.72. The molecule has 0 aliphatic rings. The van der Waals surface area contributed by atoms with E-state index in [0.29, 0.717) is 18.4 Å². The van der Waals surface area contributed by atoms with Crippen molar-refractivity contribution in [3.63, 3.8) is 0 Å². The van der Waals surface area contributed by atoms with Crippen molar-refractivity contribution in [3.05, 3.63) is 47.5 Å². The van der Waals surface area contributed by atoms with E-state index >= 15 is 0 Å². The van der Waals surface area contributed by atoms with Gasteiger partial charge >= 0.3 is 6.18 Å². The number of aliphatic hydroxyl groups is 1. The van der Waals surface area contributed by atoms with E-state index in [1.807, 2.05) is 6.92 Å². The molecule has 102 valence electrons. The second-order valence-electron chi connectivity index (χ2n) is 3.94. The van der Waals surface area contributed by atoms with Crippen LogP contribution in [0.1, 0.15) is 30.0 Å². The van der Waals surface area contributed by atoms with E-state index in [2.05, 4.69) is 10.1 Å². The Hall–Kier alpha value is -1.89. The SMILES string of the molecule is CCn1nccc1C(O)c1ccc(C(F)(F)F)cn1. The van der Waals surface area contributed by atoms with Gasteiger partial charge in [0.05, 0.1) is 17.0 Å². The summed E-state index contributed by atoms with van der Waals surface area (Å²) in [6.07, 6.45) is -3.29. The molecule has 7 heteroatoms. The minimum atomic E-state index is -4.43. The van der Waals surface area contributed by atoms with Crippen LogP contribution in [0, 0.1) is 0 Å². The van der Waals surface area contributed by atoms with Gasteiger partial charge in [0.1, 0.15) is 6.10 Å². The van der Waals surface area contributed by atoms with Crippen LogP contribution >= 0.6 is 0 Å². The van der Waals surface area contributed by atoms with Crippen LogP contribution in [0.15, 0.2) is 30.6 Å². The Balaban J connectivity index is 2.28. The van der Waals surface area contributed by atoms with Gasteiger partial charge in [-0.05, 0) is 25.1 Å². The molecule has 19 heavy (non-hydrogen) atoms. The van der Waals surface area contributed by atoms with Crippen molar-refractivity contribution in [2.75, 3.05) is 0 Å². The van der Waals surface area contributed by atoms with Crippen LogP contribution in [0.5, 0.6) is 0 Å². The average molecular weight is 271 g/mol. The van der Waals surface area contributed by atoms with E-state index in [1.165, 1.54) is 12.3 Å². The van der Waals surface area contributed by atoms with Gasteiger partial charge in [-0.15, -0.1) is 0 Å². The van der Waals surface area contributed by atoms with Gasteiger partial charge in [0.2, 0.25) is 0 Å². The fourth-order valence-electron chi connectivity index (χ4n) is 1.73. The van der Waals surface area contributed by atoms with E-state index in [4.69, 9.17) is 0 Å². The molecule has 0 saturated carbocycles. The van der Waals surface area contributed by atoms with Crippen LogP contribution in [0.4, 0.5) is 13.2 Å². The number of pyridine rings is 1. The second kappa shape index (κ2) is 5.00. The van der Waals surface area contributed by atoms with Gasteiger partial charge in [-0.1, -0.05) is 0 Å². The molecule has 0 aliphatic carbocycles. The van der Waals surface area contributed by atoms with E-state index in [9.17, 15) is 18.3 Å². The molecule has 2 aromatic rings. The number of rotatable bonds is 3. The highest BCUT2D eigenvalue weighted by Crippen LogP contribution is 2.29. The molecule has 0 bridgehead atoms. The number of aliphatic hydroxyl groups excluding tert-OH is 1. The maximum absolute atomic E-state index is 12.4. The summed E-state index contributed by atoms with van der Waals surface area (Å²) in [4.78, 5) is 3.67. The standard InChI is InChI=1S/C12H12F3N3O/c1-2-18-10(5-6-17-18)11(19)9-4-3-8(7-16-9)12(13,14)15/h3-7,11,19H,2H2,1H3. The van der Waals surface area contributed by atoms with Crippen LogP contribution in [-0.4, -0.2) is 19.9 Å². The molecule has 1 atom stereocenters. The van der Waals surface area contributed by atoms with E-state index < -0.39 is 17.8 Å². The highest BCUT2D eigenvalue weighted by atomic mass is 19.4. The number of hydrogen-bond donors (Lipinski definition) is 1. The van der Waals surface area contributed by atoms with Crippen LogP contribution in [0.3, 0.4) is 0 Å². The molecule has 0 aliphatic heterocycles. The van der Waals surface area contributed by atoms with Gasteiger partial charge in [-0.2, -0.15) is 18.3 Å². The van der Waals surface area contributed by atoms with Crippen LogP contribution in [0.25, 0.3) is 0 Å². The molecule has 0 amide bonds. The first-order valence-electron chi connectivity index (χ1n) is 5.66. The van der Waals surface area contributed by atoms with Crippen molar-refractivity contribution in [2.45, 2.75) is 25.7 Å². The summed E-state index contributed by atoms with van der Waals surface area (Å²) >= 11 is 0. The predicted molar refractivity (Wildman–Crippen MR) is 61.2 cm³/mol. The second-order valence-corrected chi connectivity index (χ2v) is 3.94. The predicted octanol–water partition coefficient (Wildman–Crippen LogP) is 2.40. The summed E-state index contributed by atoms with van der Waals surface area (Å²) in [5.74, 6) is 0. The summed E-state index contributed by atoms with van der Waals surface area (Å²) in [7, 11) is 0. The largest absolute Gasteiger partial charge is 0.417 e. The van der Waals surface area contributed by atoms with Crippen LogP contribution in [0.2, 0.25) is 0 Å². The van der Waals surface area contributed by atoms with Crippen molar-refractivity contribution in [3.8, 4) is 0 Å². The van der Waals surface area contributed by atoms with E-state index in [0.717, 1.165) is 6.07 Å². The summed E-state index contributed by atoms with van der Waals surface area (Å²) < 4.78 is 38.7. The number of aryl methyl sites for hydroxylation is 1. The molecule has 0 fully saturated rings. The zero-order chi connectivity index (χ0) is 14.0. The first kappa shape index (κ1) is 13.5. The van der Waals surface area contributed by atoms with Crippen molar-refractivity contribution < 1.29 is 18.3 Å². The van der Waals surface area contributed by atoms with Crippen molar-refractivity contribution in [1.82, 2.24) is 14.8 Å². The van der Waals surface area contributed by atoms with Gasteiger partial charge in [-0.3, -0.25) is 9.67 Å². The molecular formula is C12H12F3N3O.